The number of amides is 1. The second-order valence-corrected chi connectivity index (χ2v) is 7.56. The monoisotopic (exact) mass is 472 g/mol. The first-order valence-corrected chi connectivity index (χ1v) is 10.1. The van der Waals surface area contributed by atoms with Crippen LogP contribution in [0.1, 0.15) is 0 Å². The topological polar surface area (TPSA) is 155 Å². The number of hydrogen-bond acceptors (Lipinski definition) is 10. The van der Waals surface area contributed by atoms with Crippen molar-refractivity contribution in [3.05, 3.63) is 52.7 Å². The van der Waals surface area contributed by atoms with Crippen LogP contribution >= 0.6 is 0 Å². The van der Waals surface area contributed by atoms with Gasteiger partial charge in [0.1, 0.15) is 24.7 Å². The number of carbonyl (C=O) groups is 1. The van der Waals surface area contributed by atoms with Gasteiger partial charge in [-0.05, 0) is 23.1 Å². The van der Waals surface area contributed by atoms with E-state index in [0.717, 1.165) is 0 Å². The molecule has 13 nitrogen and oxygen atoms in total. The number of carbonyl (C=O) groups excluding carboxylic acids is 1. The number of imidazole rings is 1. The Labute approximate surface area is 190 Å². The van der Waals surface area contributed by atoms with E-state index in [-0.39, 0.29) is 49.7 Å². The molecule has 1 N–H and O–H groups in total. The highest BCUT2D eigenvalue weighted by molar-refractivity contribution is 5.90. The van der Waals surface area contributed by atoms with Gasteiger partial charge in [-0.15, -0.1) is 0 Å². The number of anilines is 1. The number of nitrogens with zero attached hydrogens (tertiary/aromatic N) is 6. The largest absolute Gasteiger partial charge is 0.455 e. The van der Waals surface area contributed by atoms with Crippen LogP contribution in [0.2, 0.25) is 0 Å². The Morgan fingerprint density at radius 1 is 1.29 bits per heavy atom. The van der Waals surface area contributed by atoms with Gasteiger partial charge >= 0.3 is 23.9 Å². The Hall–Kier alpha value is -4.33. The molecule has 5 rings (SSSR count). The first-order chi connectivity index (χ1) is 16.4. The third kappa shape index (κ3) is 4.05. The van der Waals surface area contributed by atoms with Gasteiger partial charge in [0.25, 0.3) is 0 Å². The van der Waals surface area contributed by atoms with Gasteiger partial charge in [0, 0.05) is 28.5 Å². The zero-order valence-corrected chi connectivity index (χ0v) is 17.4. The summed E-state index contributed by atoms with van der Waals surface area (Å²) in [5.74, 6) is -0.913. The molecule has 1 fully saturated rings. The summed E-state index contributed by atoms with van der Waals surface area (Å²) in [6.07, 6.45) is 2.23. The van der Waals surface area contributed by atoms with Gasteiger partial charge in [-0.1, -0.05) is 0 Å². The van der Waals surface area contributed by atoms with E-state index in [0.29, 0.717) is 11.3 Å². The fourth-order valence-electron chi connectivity index (χ4n) is 3.63. The molecular formula is C20H17FN6O7. The summed E-state index contributed by atoms with van der Waals surface area (Å²) in [4.78, 5) is 35.4. The lowest BCUT2D eigenvalue weighted by Gasteiger charge is -2.22. The average molecular weight is 472 g/mol. The molecule has 0 bridgehead atoms. The van der Waals surface area contributed by atoms with Crippen LogP contribution in [-0.2, 0) is 11.3 Å². The van der Waals surface area contributed by atoms with Crippen LogP contribution in [0, 0.1) is 15.9 Å². The van der Waals surface area contributed by atoms with Crippen molar-refractivity contribution < 1.29 is 33.4 Å². The van der Waals surface area contributed by atoms with Crippen molar-refractivity contribution in [3.8, 4) is 23.1 Å². The molecule has 2 atom stereocenters. The van der Waals surface area contributed by atoms with Crippen LogP contribution in [0.3, 0.4) is 0 Å². The van der Waals surface area contributed by atoms with Crippen molar-refractivity contribution in [2.24, 2.45) is 0 Å². The maximum Gasteiger partial charge on any atom is 0.414 e. The van der Waals surface area contributed by atoms with Gasteiger partial charge in [-0.2, -0.15) is 0 Å². The smallest absolute Gasteiger partial charge is 0.414 e. The van der Waals surface area contributed by atoms with Crippen molar-refractivity contribution in [2.75, 3.05) is 24.7 Å². The number of fused-ring (bicyclic) bond motifs is 1. The van der Waals surface area contributed by atoms with Crippen LogP contribution in [-0.4, -0.2) is 67.6 Å². The fraction of sp³-hybridized carbons (Fsp3) is 0.300. The number of aromatic nitrogens is 4. The highest BCUT2D eigenvalue weighted by Gasteiger charge is 2.32. The second-order valence-electron chi connectivity index (χ2n) is 7.56. The maximum atomic E-state index is 14.8. The van der Waals surface area contributed by atoms with Crippen LogP contribution in [0.4, 0.5) is 20.7 Å². The lowest BCUT2D eigenvalue weighted by Crippen LogP contribution is -2.34. The number of halogens is 1. The zero-order chi connectivity index (χ0) is 23.8. The molecule has 2 aromatic heterocycles. The summed E-state index contributed by atoms with van der Waals surface area (Å²) in [6, 6.07) is 4.41. The summed E-state index contributed by atoms with van der Waals surface area (Å²) < 4.78 is 32.3. The SMILES string of the molecule is O=C1O[C@@H](CO)CN1c1ccc(-c2cnc(O[C@@H]3COc4nc([N+](=O)[O-])cn4C3)nc2)c(F)c1. The van der Waals surface area contributed by atoms with E-state index in [9.17, 15) is 19.3 Å². The maximum absolute atomic E-state index is 14.8. The number of rotatable bonds is 6. The highest BCUT2D eigenvalue weighted by Crippen LogP contribution is 2.29. The van der Waals surface area contributed by atoms with E-state index in [1.54, 1.807) is 6.07 Å². The van der Waals surface area contributed by atoms with E-state index in [1.165, 1.54) is 40.2 Å². The summed E-state index contributed by atoms with van der Waals surface area (Å²) in [7, 11) is 0. The minimum Gasteiger partial charge on any atom is -0.455 e. The molecule has 1 saturated heterocycles. The lowest BCUT2D eigenvalue weighted by atomic mass is 10.1. The van der Waals surface area contributed by atoms with E-state index < -0.39 is 29.0 Å². The van der Waals surface area contributed by atoms with Crippen LogP contribution in [0.5, 0.6) is 12.0 Å². The molecular weight excluding hydrogens is 455 g/mol. The van der Waals surface area contributed by atoms with Crippen molar-refractivity contribution in [1.82, 2.24) is 19.5 Å². The Balaban J connectivity index is 1.26. The second kappa shape index (κ2) is 8.55. The van der Waals surface area contributed by atoms with Gasteiger partial charge in [-0.3, -0.25) is 9.47 Å². The fourth-order valence-corrected chi connectivity index (χ4v) is 3.63. The number of hydrogen-bond donors (Lipinski definition) is 1. The molecule has 0 aliphatic carbocycles. The molecule has 34 heavy (non-hydrogen) atoms. The van der Waals surface area contributed by atoms with Crippen molar-refractivity contribution >= 4 is 17.6 Å². The molecule has 0 spiro atoms. The first-order valence-electron chi connectivity index (χ1n) is 10.1. The molecule has 2 aliphatic heterocycles. The Morgan fingerprint density at radius 3 is 2.76 bits per heavy atom. The number of nitro groups is 1. The molecule has 1 aromatic carbocycles. The zero-order valence-electron chi connectivity index (χ0n) is 17.4. The van der Waals surface area contributed by atoms with Gasteiger partial charge < -0.3 is 29.4 Å². The predicted octanol–water partition coefficient (Wildman–Crippen LogP) is 1.54. The third-order valence-electron chi connectivity index (χ3n) is 5.27. The van der Waals surface area contributed by atoms with E-state index in [4.69, 9.17) is 19.3 Å². The van der Waals surface area contributed by atoms with Crippen molar-refractivity contribution in [2.45, 2.75) is 18.8 Å². The Bertz CT molecular complexity index is 1250. The Morgan fingerprint density at radius 2 is 2.09 bits per heavy atom. The first kappa shape index (κ1) is 21.5. The quantitative estimate of drug-likeness (QED) is 0.412. The standard InChI is InChI=1S/C20H17FN6O7/c21-16-3-12(26-7-13(9-28)34-20(26)29)1-2-15(16)11-4-22-18(23-5-11)33-14-6-25-8-17(27(30)31)24-19(25)32-10-14/h1-5,8,13-14,28H,6-7,9-10H2/t13-,14+/m1/s1. The van der Waals surface area contributed by atoms with E-state index in [2.05, 4.69) is 15.0 Å². The number of aliphatic hydroxyl groups is 1. The molecule has 14 heteroatoms. The lowest BCUT2D eigenvalue weighted by molar-refractivity contribution is -0.389. The third-order valence-corrected chi connectivity index (χ3v) is 5.27. The minimum absolute atomic E-state index is 0.0299. The number of ether oxygens (including phenoxy) is 3. The van der Waals surface area contributed by atoms with Gasteiger partial charge in [0.2, 0.25) is 0 Å². The number of cyclic esters (lactones) is 1. The van der Waals surface area contributed by atoms with Gasteiger partial charge in [0.05, 0.1) is 25.4 Å². The molecule has 4 heterocycles. The van der Waals surface area contributed by atoms with Crippen LogP contribution in [0.25, 0.3) is 11.1 Å². The molecule has 0 unspecified atom stereocenters. The van der Waals surface area contributed by atoms with Crippen LogP contribution in [0.15, 0.2) is 36.8 Å². The highest BCUT2D eigenvalue weighted by atomic mass is 19.1. The average Bonchev–Trinajstić information content (AvgIpc) is 3.43. The van der Waals surface area contributed by atoms with Crippen molar-refractivity contribution in [1.29, 1.82) is 0 Å². The number of aliphatic hydroxyl groups excluding tert-OH is 1. The Kier molecular flexibility index (Phi) is 5.41. The van der Waals surface area contributed by atoms with Gasteiger partial charge in [-0.25, -0.2) is 19.2 Å². The van der Waals surface area contributed by atoms with Gasteiger partial charge in [0.15, 0.2) is 6.10 Å². The normalized spacial score (nSPS) is 19.4. The summed E-state index contributed by atoms with van der Waals surface area (Å²) >= 11 is 0. The molecule has 1 amide bonds. The molecule has 2 aliphatic rings. The summed E-state index contributed by atoms with van der Waals surface area (Å²) in [5, 5.41) is 20.0. The predicted molar refractivity (Wildman–Crippen MR) is 111 cm³/mol. The molecule has 176 valence electrons. The molecule has 0 radical (unpaired) electrons. The molecule has 0 saturated carbocycles. The van der Waals surface area contributed by atoms with E-state index in [1.807, 2.05) is 0 Å². The minimum atomic E-state index is -0.653. The van der Waals surface area contributed by atoms with E-state index >= 15 is 0 Å². The summed E-state index contributed by atoms with van der Waals surface area (Å²) in [6.45, 7) is 0.173. The number of benzene rings is 1. The van der Waals surface area contributed by atoms with Crippen molar-refractivity contribution in [3.63, 3.8) is 0 Å². The molecule has 3 aromatic rings. The summed E-state index contributed by atoms with van der Waals surface area (Å²) in [5.41, 5.74) is 0.915. The van der Waals surface area contributed by atoms with Crippen LogP contribution < -0.4 is 14.4 Å².